The van der Waals surface area contributed by atoms with Gasteiger partial charge in [0.05, 0.1) is 6.61 Å². The molecule has 0 heterocycles. The average Bonchev–Trinajstić information content (AvgIpc) is 2.58. The summed E-state index contributed by atoms with van der Waals surface area (Å²) in [6.07, 6.45) is 0.740. The Kier molecular flexibility index (Phi) is 6.11. The van der Waals surface area contributed by atoms with Gasteiger partial charge in [-0.05, 0) is 42.8 Å². The van der Waals surface area contributed by atoms with E-state index < -0.39 is 11.7 Å². The van der Waals surface area contributed by atoms with E-state index in [4.69, 9.17) is 4.74 Å². The van der Waals surface area contributed by atoms with Crippen LogP contribution >= 0.6 is 0 Å². The van der Waals surface area contributed by atoms with Crippen LogP contribution < -0.4 is 15.6 Å². The van der Waals surface area contributed by atoms with E-state index in [-0.39, 0.29) is 17.9 Å². The van der Waals surface area contributed by atoms with Gasteiger partial charge in [0.2, 0.25) is 5.91 Å². The topological polar surface area (TPSA) is 67.4 Å². The molecule has 0 unspecified atom stereocenters. The highest BCUT2D eigenvalue weighted by Crippen LogP contribution is 2.08. The number of para-hydroxylation sites is 1. The summed E-state index contributed by atoms with van der Waals surface area (Å²) >= 11 is 0. The summed E-state index contributed by atoms with van der Waals surface area (Å²) in [6.45, 7) is 0.406. The number of carbonyl (C=O) groups excluding carboxylic acids is 2. The van der Waals surface area contributed by atoms with Crippen LogP contribution in [0.25, 0.3) is 0 Å². The normalized spacial score (nSPS) is 9.96. The first kappa shape index (κ1) is 16.5. The average molecular weight is 316 g/mol. The summed E-state index contributed by atoms with van der Waals surface area (Å²) in [5.41, 5.74) is 4.84. The first-order valence-corrected chi connectivity index (χ1v) is 7.18. The lowest BCUT2D eigenvalue weighted by atomic mass is 10.2. The van der Waals surface area contributed by atoms with Crippen LogP contribution in [0.2, 0.25) is 0 Å². The van der Waals surface area contributed by atoms with E-state index in [0.717, 1.165) is 5.75 Å². The molecule has 0 bridgehead atoms. The molecule has 0 aliphatic heterocycles. The molecule has 0 saturated carbocycles. The van der Waals surface area contributed by atoms with Gasteiger partial charge in [0, 0.05) is 12.0 Å². The third-order valence-electron chi connectivity index (χ3n) is 2.98. The predicted molar refractivity (Wildman–Crippen MR) is 83.2 cm³/mol. The molecule has 120 valence electrons. The number of rotatable bonds is 6. The zero-order valence-electron chi connectivity index (χ0n) is 12.4. The fraction of sp³-hybridized carbons (Fsp3) is 0.176. The molecule has 0 aliphatic carbocycles. The minimum atomic E-state index is -0.501. The number of halogens is 1. The fourth-order valence-electron chi connectivity index (χ4n) is 1.80. The Morgan fingerprint density at radius 2 is 1.65 bits per heavy atom. The van der Waals surface area contributed by atoms with E-state index in [0.29, 0.717) is 13.0 Å². The second-order valence-corrected chi connectivity index (χ2v) is 4.77. The van der Waals surface area contributed by atoms with E-state index in [1.165, 1.54) is 24.3 Å². The Morgan fingerprint density at radius 3 is 2.35 bits per heavy atom. The van der Waals surface area contributed by atoms with Crippen molar-refractivity contribution in [3.63, 3.8) is 0 Å². The van der Waals surface area contributed by atoms with Crippen LogP contribution in [0.15, 0.2) is 54.6 Å². The van der Waals surface area contributed by atoms with Crippen LogP contribution in [0.1, 0.15) is 23.2 Å². The first-order chi connectivity index (χ1) is 11.1. The number of hydrogen-bond donors (Lipinski definition) is 2. The van der Waals surface area contributed by atoms with Crippen molar-refractivity contribution in [2.75, 3.05) is 6.61 Å². The van der Waals surface area contributed by atoms with Crippen LogP contribution in [0.3, 0.4) is 0 Å². The largest absolute Gasteiger partial charge is 0.494 e. The van der Waals surface area contributed by atoms with Gasteiger partial charge in [0.15, 0.2) is 0 Å². The molecule has 5 nitrogen and oxygen atoms in total. The van der Waals surface area contributed by atoms with Gasteiger partial charge in [0.25, 0.3) is 5.91 Å². The Labute approximate surface area is 133 Å². The van der Waals surface area contributed by atoms with E-state index in [1.807, 2.05) is 30.3 Å². The van der Waals surface area contributed by atoms with Gasteiger partial charge in [-0.1, -0.05) is 18.2 Å². The Balaban J connectivity index is 1.63. The van der Waals surface area contributed by atoms with Crippen LogP contribution in [-0.2, 0) is 4.79 Å². The van der Waals surface area contributed by atoms with Crippen molar-refractivity contribution in [3.05, 3.63) is 66.0 Å². The minimum Gasteiger partial charge on any atom is -0.494 e. The highest BCUT2D eigenvalue weighted by atomic mass is 19.1. The van der Waals surface area contributed by atoms with Gasteiger partial charge in [-0.25, -0.2) is 4.39 Å². The van der Waals surface area contributed by atoms with E-state index in [1.54, 1.807) is 0 Å². The van der Waals surface area contributed by atoms with E-state index >= 15 is 0 Å². The summed E-state index contributed by atoms with van der Waals surface area (Å²) in [5.74, 6) is -0.502. The molecular weight excluding hydrogens is 299 g/mol. The molecule has 2 aromatic carbocycles. The van der Waals surface area contributed by atoms with Crippen molar-refractivity contribution < 1.29 is 18.7 Å². The van der Waals surface area contributed by atoms with Crippen LogP contribution in [-0.4, -0.2) is 18.4 Å². The Bertz CT molecular complexity index is 645. The van der Waals surface area contributed by atoms with Crippen molar-refractivity contribution in [3.8, 4) is 5.75 Å². The zero-order chi connectivity index (χ0) is 16.5. The predicted octanol–water partition coefficient (Wildman–Crippen LogP) is 2.45. The summed E-state index contributed by atoms with van der Waals surface area (Å²) < 4.78 is 18.2. The Hall–Kier alpha value is -2.89. The molecule has 23 heavy (non-hydrogen) atoms. The molecule has 2 aromatic rings. The molecule has 0 aromatic heterocycles. The molecular formula is C17H17FN2O3. The summed E-state index contributed by atoms with van der Waals surface area (Å²) in [4.78, 5) is 23.3. The van der Waals surface area contributed by atoms with Crippen molar-refractivity contribution in [1.29, 1.82) is 0 Å². The van der Waals surface area contributed by atoms with Gasteiger partial charge in [-0.3, -0.25) is 20.4 Å². The van der Waals surface area contributed by atoms with Crippen LogP contribution in [0, 0.1) is 5.82 Å². The molecule has 0 radical (unpaired) electrons. The minimum absolute atomic E-state index is 0.219. The van der Waals surface area contributed by atoms with E-state index in [9.17, 15) is 14.0 Å². The van der Waals surface area contributed by atoms with Crippen molar-refractivity contribution in [1.82, 2.24) is 10.9 Å². The maximum Gasteiger partial charge on any atom is 0.269 e. The van der Waals surface area contributed by atoms with Crippen molar-refractivity contribution in [2.45, 2.75) is 12.8 Å². The van der Waals surface area contributed by atoms with E-state index in [2.05, 4.69) is 10.9 Å². The quantitative estimate of drug-likeness (QED) is 0.635. The number of carbonyl (C=O) groups is 2. The standard InChI is InChI=1S/C17H17FN2O3/c18-14-10-8-13(9-11-14)17(22)20-19-16(21)7-4-12-23-15-5-2-1-3-6-15/h1-3,5-6,8-11H,4,7,12H2,(H,19,21)(H,20,22). The van der Waals surface area contributed by atoms with Crippen molar-refractivity contribution >= 4 is 11.8 Å². The second-order valence-electron chi connectivity index (χ2n) is 4.77. The molecule has 2 N–H and O–H groups in total. The monoisotopic (exact) mass is 316 g/mol. The smallest absolute Gasteiger partial charge is 0.269 e. The third kappa shape index (κ3) is 5.78. The number of ether oxygens (including phenoxy) is 1. The van der Waals surface area contributed by atoms with Gasteiger partial charge in [-0.15, -0.1) is 0 Å². The maximum absolute atomic E-state index is 12.7. The molecule has 0 aliphatic rings. The van der Waals surface area contributed by atoms with Gasteiger partial charge in [0.1, 0.15) is 11.6 Å². The Morgan fingerprint density at radius 1 is 0.957 bits per heavy atom. The zero-order valence-corrected chi connectivity index (χ0v) is 12.4. The number of nitrogens with one attached hydrogen (secondary N) is 2. The summed E-state index contributed by atoms with van der Waals surface area (Å²) in [7, 11) is 0. The van der Waals surface area contributed by atoms with Gasteiger partial charge in [-0.2, -0.15) is 0 Å². The van der Waals surface area contributed by atoms with Gasteiger partial charge >= 0.3 is 0 Å². The number of amides is 2. The second kappa shape index (κ2) is 8.53. The lowest BCUT2D eigenvalue weighted by molar-refractivity contribution is -0.122. The number of hydrazine groups is 1. The van der Waals surface area contributed by atoms with Crippen molar-refractivity contribution in [2.24, 2.45) is 0 Å². The molecule has 2 rings (SSSR count). The summed E-state index contributed by atoms with van der Waals surface area (Å²) in [6, 6.07) is 14.3. The first-order valence-electron chi connectivity index (χ1n) is 7.18. The van der Waals surface area contributed by atoms with Crippen LogP contribution in [0.5, 0.6) is 5.75 Å². The lowest BCUT2D eigenvalue weighted by Gasteiger charge is -2.08. The highest BCUT2D eigenvalue weighted by molar-refractivity contribution is 5.95. The molecule has 2 amide bonds. The number of benzene rings is 2. The third-order valence-corrected chi connectivity index (χ3v) is 2.98. The summed E-state index contributed by atoms with van der Waals surface area (Å²) in [5, 5.41) is 0. The van der Waals surface area contributed by atoms with Crippen LogP contribution in [0.4, 0.5) is 4.39 Å². The lowest BCUT2D eigenvalue weighted by Crippen LogP contribution is -2.41. The SMILES string of the molecule is O=C(CCCOc1ccccc1)NNC(=O)c1ccc(F)cc1. The molecule has 0 atom stereocenters. The number of hydrogen-bond acceptors (Lipinski definition) is 3. The van der Waals surface area contributed by atoms with Gasteiger partial charge < -0.3 is 4.74 Å². The molecule has 0 fully saturated rings. The molecule has 6 heteroatoms. The maximum atomic E-state index is 12.7. The molecule has 0 spiro atoms. The highest BCUT2D eigenvalue weighted by Gasteiger charge is 2.07. The fourth-order valence-corrected chi connectivity index (χ4v) is 1.80. The molecule has 0 saturated heterocycles.